The molecule has 0 spiro atoms. The van der Waals surface area contributed by atoms with Crippen molar-refractivity contribution in [2.75, 3.05) is 12.3 Å². The van der Waals surface area contributed by atoms with Gasteiger partial charge >= 0.3 is 0 Å². The average molecular weight is 489 g/mol. The Labute approximate surface area is 214 Å². The summed E-state index contributed by atoms with van der Waals surface area (Å²) in [4.78, 5) is 28.8. The summed E-state index contributed by atoms with van der Waals surface area (Å²) in [6.07, 6.45) is 0.478. The first-order valence-corrected chi connectivity index (χ1v) is 13.4. The van der Waals surface area contributed by atoms with E-state index in [-0.39, 0.29) is 11.8 Å². The molecular weight excluding hydrogens is 452 g/mol. The van der Waals surface area contributed by atoms with Gasteiger partial charge < -0.3 is 10.2 Å². The number of hydrogen-bond donors (Lipinski definition) is 1. The highest BCUT2D eigenvalue weighted by atomic mass is 32.2. The Hall–Kier alpha value is -3.05. The summed E-state index contributed by atoms with van der Waals surface area (Å²) in [5.74, 6) is 1.29. The van der Waals surface area contributed by atoms with Crippen LogP contribution in [0.5, 0.6) is 0 Å². The molecule has 3 aromatic carbocycles. The van der Waals surface area contributed by atoms with Crippen LogP contribution in [0.1, 0.15) is 36.1 Å². The normalized spacial score (nSPS) is 11.8. The Morgan fingerprint density at radius 2 is 1.43 bits per heavy atom. The number of carbonyl (C=O) groups is 2. The summed E-state index contributed by atoms with van der Waals surface area (Å²) in [5, 5.41) is 3.07. The van der Waals surface area contributed by atoms with Gasteiger partial charge in [0.15, 0.2) is 0 Å². The molecule has 0 aliphatic heterocycles. The van der Waals surface area contributed by atoms with Crippen molar-refractivity contribution in [2.24, 2.45) is 5.92 Å². The molecule has 0 unspecified atom stereocenters. The molecule has 1 atom stereocenters. The van der Waals surface area contributed by atoms with Crippen molar-refractivity contribution in [3.8, 4) is 0 Å². The third-order valence-corrected chi connectivity index (χ3v) is 6.75. The lowest BCUT2D eigenvalue weighted by molar-refractivity contribution is -0.139. The van der Waals surface area contributed by atoms with E-state index in [1.54, 1.807) is 16.7 Å². The first-order chi connectivity index (χ1) is 16.9. The second-order valence-electron chi connectivity index (χ2n) is 9.33. The van der Waals surface area contributed by atoms with E-state index in [9.17, 15) is 9.59 Å². The molecule has 0 aliphatic carbocycles. The highest BCUT2D eigenvalue weighted by Gasteiger charge is 2.30. The summed E-state index contributed by atoms with van der Waals surface area (Å²) in [7, 11) is 0. The first kappa shape index (κ1) is 26.6. The molecule has 0 fully saturated rings. The molecule has 0 bridgehead atoms. The van der Waals surface area contributed by atoms with Crippen LogP contribution in [-0.4, -0.2) is 35.1 Å². The molecule has 1 N–H and O–H groups in total. The van der Waals surface area contributed by atoms with Gasteiger partial charge in [0.05, 0.1) is 5.75 Å². The summed E-state index contributed by atoms with van der Waals surface area (Å²) in [6.45, 7) is 7.19. The van der Waals surface area contributed by atoms with Gasteiger partial charge in [-0.3, -0.25) is 9.59 Å². The van der Waals surface area contributed by atoms with E-state index in [1.807, 2.05) is 60.7 Å². The quantitative estimate of drug-likeness (QED) is 0.359. The predicted molar refractivity (Wildman–Crippen MR) is 146 cm³/mol. The molecule has 5 heteroatoms. The largest absolute Gasteiger partial charge is 0.354 e. The van der Waals surface area contributed by atoms with E-state index in [0.717, 1.165) is 16.9 Å². The van der Waals surface area contributed by atoms with Crippen LogP contribution in [0.2, 0.25) is 0 Å². The van der Waals surface area contributed by atoms with Crippen molar-refractivity contribution in [1.29, 1.82) is 0 Å². The minimum absolute atomic E-state index is 0.0217. The van der Waals surface area contributed by atoms with Crippen molar-refractivity contribution < 1.29 is 9.59 Å². The lowest BCUT2D eigenvalue weighted by atomic mass is 10.0. The molecule has 35 heavy (non-hydrogen) atoms. The molecule has 0 radical (unpaired) electrons. The van der Waals surface area contributed by atoms with Gasteiger partial charge in [0.25, 0.3) is 0 Å². The van der Waals surface area contributed by atoms with Crippen LogP contribution in [-0.2, 0) is 28.3 Å². The van der Waals surface area contributed by atoms with Crippen molar-refractivity contribution in [2.45, 2.75) is 45.5 Å². The molecule has 0 aromatic heterocycles. The Bertz CT molecular complexity index is 1050. The first-order valence-electron chi connectivity index (χ1n) is 12.2. The van der Waals surface area contributed by atoms with Gasteiger partial charge in [0.2, 0.25) is 11.8 Å². The summed E-state index contributed by atoms with van der Waals surface area (Å²) < 4.78 is 0. The third kappa shape index (κ3) is 8.91. The Morgan fingerprint density at radius 3 is 2.03 bits per heavy atom. The van der Waals surface area contributed by atoms with E-state index in [2.05, 4.69) is 50.4 Å². The fraction of sp³-hybridized carbons (Fsp3) is 0.333. The minimum Gasteiger partial charge on any atom is -0.354 e. The zero-order valence-corrected chi connectivity index (χ0v) is 21.8. The van der Waals surface area contributed by atoms with E-state index < -0.39 is 6.04 Å². The summed E-state index contributed by atoms with van der Waals surface area (Å²) >= 11 is 1.59. The Kier molecular flexibility index (Phi) is 10.4. The Balaban J connectivity index is 1.80. The van der Waals surface area contributed by atoms with Crippen molar-refractivity contribution >= 4 is 23.6 Å². The number of carbonyl (C=O) groups excluding carboxylic acids is 2. The van der Waals surface area contributed by atoms with Crippen LogP contribution in [0.3, 0.4) is 0 Å². The third-order valence-electron chi connectivity index (χ3n) is 5.77. The van der Waals surface area contributed by atoms with Crippen molar-refractivity contribution in [3.63, 3.8) is 0 Å². The Morgan fingerprint density at radius 1 is 0.829 bits per heavy atom. The smallest absolute Gasteiger partial charge is 0.243 e. The number of hydrogen-bond acceptors (Lipinski definition) is 3. The second kappa shape index (κ2) is 13.7. The molecule has 184 valence electrons. The maximum absolute atomic E-state index is 13.6. The van der Waals surface area contributed by atoms with Gasteiger partial charge in [-0.05, 0) is 29.5 Å². The fourth-order valence-corrected chi connectivity index (χ4v) is 4.65. The van der Waals surface area contributed by atoms with Crippen LogP contribution in [0.15, 0.2) is 84.9 Å². The molecule has 0 saturated carbocycles. The van der Waals surface area contributed by atoms with Crippen LogP contribution in [0.25, 0.3) is 0 Å². The maximum atomic E-state index is 13.6. The van der Waals surface area contributed by atoms with E-state index in [0.29, 0.717) is 31.2 Å². The highest BCUT2D eigenvalue weighted by molar-refractivity contribution is 7.99. The van der Waals surface area contributed by atoms with Gasteiger partial charge in [-0.1, -0.05) is 104 Å². The number of thioether (sulfide) groups is 1. The average Bonchev–Trinajstić information content (AvgIpc) is 2.87. The molecule has 3 aromatic rings. The van der Waals surface area contributed by atoms with E-state index >= 15 is 0 Å². The van der Waals surface area contributed by atoms with Crippen molar-refractivity contribution in [3.05, 3.63) is 107 Å². The number of nitrogens with zero attached hydrogens (tertiary/aromatic N) is 1. The molecule has 4 nitrogen and oxygen atoms in total. The van der Waals surface area contributed by atoms with Crippen LogP contribution in [0, 0.1) is 12.8 Å². The number of amides is 2. The van der Waals surface area contributed by atoms with Gasteiger partial charge in [0.1, 0.15) is 6.04 Å². The van der Waals surface area contributed by atoms with Gasteiger partial charge in [-0.2, -0.15) is 0 Å². The molecule has 2 amide bonds. The van der Waals surface area contributed by atoms with Gasteiger partial charge in [-0.15, -0.1) is 11.8 Å². The van der Waals surface area contributed by atoms with Crippen LogP contribution in [0.4, 0.5) is 0 Å². The molecule has 0 saturated heterocycles. The molecule has 0 aliphatic rings. The van der Waals surface area contributed by atoms with E-state index in [4.69, 9.17) is 0 Å². The van der Waals surface area contributed by atoms with Gasteiger partial charge in [0, 0.05) is 25.3 Å². The lowest BCUT2D eigenvalue weighted by Gasteiger charge is -2.31. The molecule has 0 heterocycles. The molecule has 3 rings (SSSR count). The van der Waals surface area contributed by atoms with Crippen LogP contribution < -0.4 is 5.32 Å². The van der Waals surface area contributed by atoms with E-state index in [1.165, 1.54) is 11.1 Å². The summed E-state index contributed by atoms with van der Waals surface area (Å²) in [5.41, 5.74) is 4.47. The summed E-state index contributed by atoms with van der Waals surface area (Å²) in [6, 6.07) is 27.7. The second-order valence-corrected chi connectivity index (χ2v) is 10.3. The van der Waals surface area contributed by atoms with Gasteiger partial charge in [-0.25, -0.2) is 0 Å². The van der Waals surface area contributed by atoms with Crippen molar-refractivity contribution in [1.82, 2.24) is 10.2 Å². The monoisotopic (exact) mass is 488 g/mol. The lowest BCUT2D eigenvalue weighted by Crippen LogP contribution is -2.51. The number of nitrogens with one attached hydrogen (secondary N) is 1. The predicted octanol–water partition coefficient (Wildman–Crippen LogP) is 5.64. The minimum atomic E-state index is -0.580. The SMILES string of the molecule is Cc1ccc(CSCC(=O)N(Cc2ccccc2)[C@H](Cc2ccccc2)C(=O)NCC(C)C)cc1. The molecular formula is C30H36N2O2S. The topological polar surface area (TPSA) is 49.4 Å². The highest BCUT2D eigenvalue weighted by Crippen LogP contribution is 2.19. The number of aryl methyl sites for hydroxylation is 1. The number of benzene rings is 3. The van der Waals surface area contributed by atoms with Crippen LogP contribution >= 0.6 is 11.8 Å². The fourth-order valence-electron chi connectivity index (χ4n) is 3.78. The number of rotatable bonds is 12. The maximum Gasteiger partial charge on any atom is 0.243 e. The standard InChI is InChI=1S/C30H36N2O2S/c1-23(2)19-31-30(34)28(18-25-10-6-4-7-11-25)32(20-26-12-8-5-9-13-26)29(33)22-35-21-27-16-14-24(3)15-17-27/h4-17,23,28H,18-22H2,1-3H3,(H,31,34)/t28-/m1/s1. The zero-order chi connectivity index (χ0) is 25.0. The zero-order valence-electron chi connectivity index (χ0n) is 20.9.